The first kappa shape index (κ1) is 19.0. The third-order valence-corrected chi connectivity index (χ3v) is 4.17. The quantitative estimate of drug-likeness (QED) is 0.844. The zero-order valence-electron chi connectivity index (χ0n) is 15.5. The van der Waals surface area contributed by atoms with Crippen molar-refractivity contribution in [1.82, 2.24) is 15.1 Å². The predicted molar refractivity (Wildman–Crippen MR) is 97.3 cm³/mol. The second-order valence-corrected chi connectivity index (χ2v) is 7.23. The summed E-state index contributed by atoms with van der Waals surface area (Å²) in [5, 5.41) is 16.6. The highest BCUT2D eigenvalue weighted by Crippen LogP contribution is 2.24. The summed E-state index contributed by atoms with van der Waals surface area (Å²) in [5.74, 6) is 0.437. The number of carbonyl (C=O) groups excluding carboxylic acids is 1. The zero-order chi connectivity index (χ0) is 18.6. The van der Waals surface area contributed by atoms with E-state index in [1.165, 1.54) is 0 Å². The summed E-state index contributed by atoms with van der Waals surface area (Å²) in [5.41, 5.74) is 2.04. The number of benzene rings is 1. The van der Waals surface area contributed by atoms with Crippen LogP contribution in [0.1, 0.15) is 43.2 Å². The number of carbonyl (C=O) groups is 1. The molecule has 1 amide bonds. The lowest BCUT2D eigenvalue weighted by Crippen LogP contribution is -2.44. The van der Waals surface area contributed by atoms with Gasteiger partial charge in [0.2, 0.25) is 0 Å². The maximum absolute atomic E-state index is 12.5. The molecule has 0 spiro atoms. The Labute approximate surface area is 148 Å². The number of rotatable bonds is 6. The molecule has 1 atom stereocenters. The van der Waals surface area contributed by atoms with Crippen LogP contribution >= 0.6 is 0 Å². The highest BCUT2D eigenvalue weighted by molar-refractivity contribution is 5.92. The van der Waals surface area contributed by atoms with Crippen molar-refractivity contribution in [3.05, 3.63) is 41.7 Å². The second-order valence-electron chi connectivity index (χ2n) is 7.23. The minimum atomic E-state index is -0.251. The molecule has 0 fully saturated rings. The molecular formula is C19H27N3O3. The lowest BCUT2D eigenvalue weighted by molar-refractivity contribution is 0.0879. The number of nitrogens with zero attached hydrogens (tertiary/aromatic N) is 2. The molecule has 1 aromatic carbocycles. The number of methoxy groups -OCH3 is 1. The largest absolute Gasteiger partial charge is 0.494 e. The van der Waals surface area contributed by atoms with Crippen LogP contribution in [0, 0.1) is 12.3 Å². The molecule has 2 aromatic rings. The highest BCUT2D eigenvalue weighted by Gasteiger charge is 2.26. The third-order valence-electron chi connectivity index (χ3n) is 4.17. The molecular weight excluding hydrogens is 318 g/mol. The van der Waals surface area contributed by atoms with Crippen molar-refractivity contribution in [2.45, 2.75) is 40.2 Å². The Balaban J connectivity index is 2.23. The maximum Gasteiger partial charge on any atom is 0.272 e. The Morgan fingerprint density at radius 2 is 2.08 bits per heavy atom. The van der Waals surface area contributed by atoms with Crippen LogP contribution in [-0.4, -0.2) is 40.6 Å². The fraction of sp³-hybridized carbons (Fsp3) is 0.474. The summed E-state index contributed by atoms with van der Waals surface area (Å²) in [6, 6.07) is 7.33. The van der Waals surface area contributed by atoms with Crippen LogP contribution in [0.2, 0.25) is 0 Å². The summed E-state index contributed by atoms with van der Waals surface area (Å²) in [7, 11) is 1.61. The highest BCUT2D eigenvalue weighted by atomic mass is 16.5. The van der Waals surface area contributed by atoms with Gasteiger partial charge in [-0.3, -0.25) is 4.79 Å². The van der Waals surface area contributed by atoms with Crippen LogP contribution in [0.25, 0.3) is 5.69 Å². The number of aromatic nitrogens is 2. The molecule has 136 valence electrons. The topological polar surface area (TPSA) is 76.4 Å². The van der Waals surface area contributed by atoms with E-state index in [0.717, 1.165) is 11.3 Å². The minimum Gasteiger partial charge on any atom is -0.494 e. The Kier molecular flexibility index (Phi) is 5.85. The van der Waals surface area contributed by atoms with Crippen LogP contribution < -0.4 is 10.1 Å². The smallest absolute Gasteiger partial charge is 0.272 e. The van der Waals surface area contributed by atoms with Gasteiger partial charge in [0.15, 0.2) is 5.69 Å². The average Bonchev–Trinajstić information content (AvgIpc) is 3.03. The van der Waals surface area contributed by atoms with Crippen LogP contribution in [0.3, 0.4) is 0 Å². The monoisotopic (exact) mass is 345 g/mol. The van der Waals surface area contributed by atoms with E-state index >= 15 is 0 Å². The number of amides is 1. The lowest BCUT2D eigenvalue weighted by Gasteiger charge is -2.30. The third kappa shape index (κ3) is 4.60. The van der Waals surface area contributed by atoms with Gasteiger partial charge in [-0.1, -0.05) is 26.8 Å². The van der Waals surface area contributed by atoms with Gasteiger partial charge in [0.1, 0.15) is 11.4 Å². The van der Waals surface area contributed by atoms with E-state index in [0.29, 0.717) is 17.9 Å². The number of hydrogen-bond acceptors (Lipinski definition) is 4. The normalized spacial score (nSPS) is 12.7. The first-order valence-corrected chi connectivity index (χ1v) is 8.38. The predicted octanol–water partition coefficient (Wildman–Crippen LogP) is 2.72. The number of aliphatic hydroxyl groups excluding tert-OH is 1. The van der Waals surface area contributed by atoms with Gasteiger partial charge in [-0.2, -0.15) is 5.10 Å². The molecule has 0 aliphatic rings. The molecule has 0 saturated heterocycles. The molecule has 0 bridgehead atoms. The van der Waals surface area contributed by atoms with Gasteiger partial charge in [0.05, 0.1) is 7.11 Å². The Morgan fingerprint density at radius 3 is 2.68 bits per heavy atom. The summed E-state index contributed by atoms with van der Waals surface area (Å²) >= 11 is 0. The van der Waals surface area contributed by atoms with Crippen molar-refractivity contribution in [3.8, 4) is 11.4 Å². The van der Waals surface area contributed by atoms with Gasteiger partial charge < -0.3 is 15.2 Å². The van der Waals surface area contributed by atoms with E-state index in [9.17, 15) is 9.90 Å². The van der Waals surface area contributed by atoms with Gasteiger partial charge in [0, 0.05) is 18.8 Å². The molecule has 2 rings (SSSR count). The Hall–Kier alpha value is -2.34. The maximum atomic E-state index is 12.5. The van der Waals surface area contributed by atoms with Crippen molar-refractivity contribution in [1.29, 1.82) is 0 Å². The van der Waals surface area contributed by atoms with Gasteiger partial charge >= 0.3 is 0 Å². The van der Waals surface area contributed by atoms with Crippen molar-refractivity contribution in [2.75, 3.05) is 13.7 Å². The second kappa shape index (κ2) is 7.70. The van der Waals surface area contributed by atoms with Crippen molar-refractivity contribution in [2.24, 2.45) is 5.41 Å². The van der Waals surface area contributed by atoms with Crippen molar-refractivity contribution in [3.63, 3.8) is 0 Å². The van der Waals surface area contributed by atoms with E-state index in [2.05, 4.69) is 10.4 Å². The lowest BCUT2D eigenvalue weighted by atomic mass is 9.85. The average molecular weight is 345 g/mol. The Morgan fingerprint density at radius 1 is 1.36 bits per heavy atom. The van der Waals surface area contributed by atoms with Crippen LogP contribution in [0.15, 0.2) is 30.5 Å². The molecule has 0 radical (unpaired) electrons. The number of aryl methyl sites for hydroxylation is 1. The molecule has 0 aliphatic heterocycles. The molecule has 2 N–H and O–H groups in total. The first-order valence-electron chi connectivity index (χ1n) is 8.38. The number of nitrogens with one attached hydrogen (secondary N) is 1. The SMILES string of the molecule is COc1ccc(C)cc1-n1ccc(C(=O)NC(CCO)C(C)(C)C)n1. The zero-order valence-corrected chi connectivity index (χ0v) is 15.5. The molecule has 6 heteroatoms. The van der Waals surface area contributed by atoms with Gasteiger partial charge in [-0.15, -0.1) is 0 Å². The van der Waals surface area contributed by atoms with Crippen molar-refractivity contribution < 1.29 is 14.6 Å². The molecule has 0 aliphatic carbocycles. The number of ether oxygens (including phenoxy) is 1. The molecule has 6 nitrogen and oxygen atoms in total. The fourth-order valence-electron chi connectivity index (χ4n) is 2.64. The summed E-state index contributed by atoms with van der Waals surface area (Å²) in [6.07, 6.45) is 2.24. The van der Waals surface area contributed by atoms with E-state index in [1.54, 1.807) is 24.1 Å². The molecule has 1 aromatic heterocycles. The van der Waals surface area contributed by atoms with Crippen LogP contribution in [-0.2, 0) is 0 Å². The minimum absolute atomic E-state index is 0.0249. The molecule has 0 saturated carbocycles. The number of hydrogen-bond donors (Lipinski definition) is 2. The number of aliphatic hydroxyl groups is 1. The van der Waals surface area contributed by atoms with Gasteiger partial charge in [0.25, 0.3) is 5.91 Å². The van der Waals surface area contributed by atoms with Crippen LogP contribution in [0.4, 0.5) is 0 Å². The fourth-order valence-corrected chi connectivity index (χ4v) is 2.64. The van der Waals surface area contributed by atoms with E-state index in [-0.39, 0.29) is 24.0 Å². The Bertz CT molecular complexity index is 732. The molecule has 1 heterocycles. The summed E-state index contributed by atoms with van der Waals surface area (Å²) < 4.78 is 7.01. The van der Waals surface area contributed by atoms with E-state index in [4.69, 9.17) is 4.74 Å². The van der Waals surface area contributed by atoms with Gasteiger partial charge in [-0.25, -0.2) is 4.68 Å². The summed E-state index contributed by atoms with van der Waals surface area (Å²) in [4.78, 5) is 12.5. The van der Waals surface area contributed by atoms with E-state index in [1.807, 2.05) is 45.9 Å². The van der Waals surface area contributed by atoms with Gasteiger partial charge in [-0.05, 0) is 42.5 Å². The standard InChI is InChI=1S/C19H27N3O3/c1-13-6-7-16(25-5)15(12-13)22-10-8-14(21-22)18(24)20-17(9-11-23)19(2,3)4/h6-8,10,12,17,23H,9,11H2,1-5H3,(H,20,24). The van der Waals surface area contributed by atoms with Crippen LogP contribution in [0.5, 0.6) is 5.75 Å². The summed E-state index contributed by atoms with van der Waals surface area (Å²) in [6.45, 7) is 8.11. The van der Waals surface area contributed by atoms with Crippen molar-refractivity contribution >= 4 is 5.91 Å². The molecule has 25 heavy (non-hydrogen) atoms. The molecule has 1 unspecified atom stereocenters. The first-order chi connectivity index (χ1) is 11.8. The van der Waals surface area contributed by atoms with E-state index < -0.39 is 0 Å².